The quantitative estimate of drug-likeness (QED) is 0.323. The molecule has 0 aromatic carbocycles. The molecule has 0 spiro atoms. The van der Waals surface area contributed by atoms with Gasteiger partial charge in [0.2, 0.25) is 0 Å². The van der Waals surface area contributed by atoms with E-state index in [4.69, 9.17) is 4.74 Å². The van der Waals surface area contributed by atoms with Gasteiger partial charge in [-0.25, -0.2) is 0 Å². The SMILES string of the molecule is CCCCCCC(O)CC=CCCCCCCCC1=NCCO1. The molecule has 1 rings (SSSR count). The van der Waals surface area contributed by atoms with Crippen molar-refractivity contribution in [1.82, 2.24) is 0 Å². The minimum Gasteiger partial charge on any atom is -0.479 e. The van der Waals surface area contributed by atoms with Crippen molar-refractivity contribution < 1.29 is 9.84 Å². The van der Waals surface area contributed by atoms with Gasteiger partial charge >= 0.3 is 0 Å². The number of ether oxygens (including phenoxy) is 1. The second-order valence-electron chi connectivity index (χ2n) is 6.64. The third-order valence-corrected chi connectivity index (χ3v) is 4.38. The van der Waals surface area contributed by atoms with Gasteiger partial charge in [-0.3, -0.25) is 4.99 Å². The van der Waals surface area contributed by atoms with Crippen LogP contribution in [-0.4, -0.2) is 30.3 Å². The molecule has 134 valence electrons. The van der Waals surface area contributed by atoms with E-state index in [2.05, 4.69) is 24.1 Å². The molecule has 0 aromatic rings. The molecule has 0 aromatic heterocycles. The zero-order valence-electron chi connectivity index (χ0n) is 15.1. The van der Waals surface area contributed by atoms with Crippen molar-refractivity contribution in [3.8, 4) is 0 Å². The lowest BCUT2D eigenvalue weighted by Crippen LogP contribution is -2.04. The van der Waals surface area contributed by atoms with Crippen LogP contribution in [0.3, 0.4) is 0 Å². The first kappa shape index (κ1) is 20.2. The van der Waals surface area contributed by atoms with Crippen molar-refractivity contribution in [1.29, 1.82) is 0 Å². The molecule has 0 radical (unpaired) electrons. The molecule has 0 saturated heterocycles. The van der Waals surface area contributed by atoms with E-state index in [1.54, 1.807) is 0 Å². The molecule has 1 atom stereocenters. The average molecular weight is 324 g/mol. The van der Waals surface area contributed by atoms with E-state index < -0.39 is 0 Å². The number of unbranched alkanes of at least 4 members (excludes halogenated alkanes) is 8. The smallest absolute Gasteiger partial charge is 0.183 e. The average Bonchev–Trinajstić information content (AvgIpc) is 3.06. The molecule has 1 N–H and O–H groups in total. The van der Waals surface area contributed by atoms with Crippen molar-refractivity contribution in [3.05, 3.63) is 12.2 Å². The van der Waals surface area contributed by atoms with Gasteiger partial charge in [-0.15, -0.1) is 0 Å². The van der Waals surface area contributed by atoms with Crippen molar-refractivity contribution in [3.63, 3.8) is 0 Å². The number of aliphatic hydroxyl groups is 1. The maximum Gasteiger partial charge on any atom is 0.183 e. The number of nitrogens with zero attached hydrogens (tertiary/aromatic N) is 1. The molecule has 0 amide bonds. The third kappa shape index (κ3) is 12.3. The van der Waals surface area contributed by atoms with E-state index in [-0.39, 0.29) is 6.10 Å². The number of aliphatic imine (C=N–C) groups is 1. The van der Waals surface area contributed by atoms with Gasteiger partial charge in [0.1, 0.15) is 6.61 Å². The monoisotopic (exact) mass is 323 g/mol. The third-order valence-electron chi connectivity index (χ3n) is 4.38. The predicted molar refractivity (Wildman–Crippen MR) is 99.1 cm³/mol. The maximum absolute atomic E-state index is 9.87. The van der Waals surface area contributed by atoms with E-state index >= 15 is 0 Å². The molecule has 3 nitrogen and oxygen atoms in total. The fraction of sp³-hybridized carbons (Fsp3) is 0.850. The van der Waals surface area contributed by atoms with Crippen LogP contribution >= 0.6 is 0 Å². The predicted octanol–water partition coefficient (Wildman–Crippen LogP) is 5.42. The lowest BCUT2D eigenvalue weighted by atomic mass is 10.1. The van der Waals surface area contributed by atoms with Gasteiger partial charge in [0.25, 0.3) is 0 Å². The minimum atomic E-state index is -0.135. The summed E-state index contributed by atoms with van der Waals surface area (Å²) >= 11 is 0. The largest absolute Gasteiger partial charge is 0.479 e. The summed E-state index contributed by atoms with van der Waals surface area (Å²) in [4.78, 5) is 4.31. The van der Waals surface area contributed by atoms with Gasteiger partial charge in [-0.1, -0.05) is 64.0 Å². The fourth-order valence-corrected chi connectivity index (χ4v) is 2.90. The highest BCUT2D eigenvalue weighted by Gasteiger charge is 2.05. The van der Waals surface area contributed by atoms with Crippen LogP contribution in [0, 0.1) is 0 Å². The molecule has 23 heavy (non-hydrogen) atoms. The van der Waals surface area contributed by atoms with Crippen molar-refractivity contribution in [2.75, 3.05) is 13.2 Å². The summed E-state index contributed by atoms with van der Waals surface area (Å²) in [5, 5.41) is 9.87. The summed E-state index contributed by atoms with van der Waals surface area (Å²) in [6.07, 6.45) is 19.6. The van der Waals surface area contributed by atoms with Gasteiger partial charge in [-0.05, 0) is 32.1 Å². The molecular formula is C20H37NO2. The van der Waals surface area contributed by atoms with Crippen LogP contribution in [-0.2, 0) is 4.74 Å². The Balaban J connectivity index is 1.80. The van der Waals surface area contributed by atoms with E-state index in [1.165, 1.54) is 57.8 Å². The van der Waals surface area contributed by atoms with E-state index in [1.807, 2.05) is 0 Å². The summed E-state index contributed by atoms with van der Waals surface area (Å²) in [7, 11) is 0. The Morgan fingerprint density at radius 1 is 1.04 bits per heavy atom. The van der Waals surface area contributed by atoms with Crippen LogP contribution in [0.5, 0.6) is 0 Å². The molecule has 1 aliphatic heterocycles. The standard InChI is InChI=1S/C20H37NO2/c1-2-3-4-11-14-19(22)15-12-9-7-5-6-8-10-13-16-20-21-17-18-23-20/h9,12,19,22H,2-8,10-11,13-18H2,1H3. The number of hydrogen-bond acceptors (Lipinski definition) is 3. The first-order chi connectivity index (χ1) is 11.3. The van der Waals surface area contributed by atoms with E-state index in [0.29, 0.717) is 0 Å². The first-order valence-electron chi connectivity index (χ1n) is 9.82. The van der Waals surface area contributed by atoms with E-state index in [0.717, 1.165) is 44.7 Å². The zero-order chi connectivity index (χ0) is 16.6. The number of allylic oxidation sites excluding steroid dienone is 1. The lowest BCUT2D eigenvalue weighted by molar-refractivity contribution is 0.163. The second-order valence-corrected chi connectivity index (χ2v) is 6.64. The maximum atomic E-state index is 9.87. The molecular weight excluding hydrogens is 286 g/mol. The van der Waals surface area contributed by atoms with Crippen LogP contribution in [0.4, 0.5) is 0 Å². The fourth-order valence-electron chi connectivity index (χ4n) is 2.90. The molecule has 0 saturated carbocycles. The summed E-state index contributed by atoms with van der Waals surface area (Å²) in [5.74, 6) is 0.973. The zero-order valence-corrected chi connectivity index (χ0v) is 15.1. The summed E-state index contributed by atoms with van der Waals surface area (Å²) in [6, 6.07) is 0. The van der Waals surface area contributed by atoms with Gasteiger partial charge < -0.3 is 9.84 Å². The van der Waals surface area contributed by atoms with E-state index in [9.17, 15) is 5.11 Å². The molecule has 0 fully saturated rings. The summed E-state index contributed by atoms with van der Waals surface area (Å²) in [5.41, 5.74) is 0. The van der Waals surface area contributed by atoms with Crippen molar-refractivity contribution in [2.45, 2.75) is 96.5 Å². The van der Waals surface area contributed by atoms with Gasteiger partial charge in [0, 0.05) is 6.42 Å². The molecule has 0 bridgehead atoms. The highest BCUT2D eigenvalue weighted by Crippen LogP contribution is 2.11. The Hall–Kier alpha value is -0.830. The topological polar surface area (TPSA) is 41.8 Å². The minimum absolute atomic E-state index is 0.135. The van der Waals surface area contributed by atoms with Crippen LogP contribution < -0.4 is 0 Å². The molecule has 1 heterocycles. The van der Waals surface area contributed by atoms with Gasteiger partial charge in [-0.2, -0.15) is 0 Å². The van der Waals surface area contributed by atoms with Crippen LogP contribution in [0.1, 0.15) is 90.4 Å². The van der Waals surface area contributed by atoms with Crippen LogP contribution in [0.15, 0.2) is 17.1 Å². The van der Waals surface area contributed by atoms with Gasteiger partial charge in [0.15, 0.2) is 5.90 Å². The second kappa shape index (κ2) is 14.7. The van der Waals surface area contributed by atoms with Gasteiger partial charge in [0.05, 0.1) is 12.6 Å². The Morgan fingerprint density at radius 2 is 1.83 bits per heavy atom. The molecule has 3 heteroatoms. The summed E-state index contributed by atoms with van der Waals surface area (Å²) in [6.45, 7) is 3.86. The first-order valence-corrected chi connectivity index (χ1v) is 9.82. The Labute approximate surface area is 143 Å². The lowest BCUT2D eigenvalue weighted by Gasteiger charge is -2.07. The Bertz CT molecular complexity index is 326. The molecule has 0 aliphatic carbocycles. The van der Waals surface area contributed by atoms with Crippen LogP contribution in [0.2, 0.25) is 0 Å². The van der Waals surface area contributed by atoms with Crippen molar-refractivity contribution in [2.24, 2.45) is 4.99 Å². The Kier molecular flexibility index (Phi) is 13.0. The Morgan fingerprint density at radius 3 is 2.61 bits per heavy atom. The highest BCUT2D eigenvalue weighted by molar-refractivity contribution is 5.77. The molecule has 1 unspecified atom stereocenters. The number of aliphatic hydroxyl groups excluding tert-OH is 1. The summed E-state index contributed by atoms with van der Waals surface area (Å²) < 4.78 is 5.40. The van der Waals surface area contributed by atoms with Crippen LogP contribution in [0.25, 0.3) is 0 Å². The molecule has 1 aliphatic rings. The number of rotatable bonds is 15. The van der Waals surface area contributed by atoms with Crippen molar-refractivity contribution >= 4 is 5.90 Å². The highest BCUT2D eigenvalue weighted by atomic mass is 16.5. The number of hydrogen-bond donors (Lipinski definition) is 1. The normalized spacial score (nSPS) is 15.8.